The van der Waals surface area contributed by atoms with Crippen molar-refractivity contribution in [3.05, 3.63) is 30.3 Å². The van der Waals surface area contributed by atoms with E-state index in [1.807, 2.05) is 6.07 Å². The van der Waals surface area contributed by atoms with E-state index in [0.717, 1.165) is 6.54 Å². The molecule has 0 bridgehead atoms. The maximum Gasteiger partial charge on any atom is 0.0521 e. The fourth-order valence-corrected chi connectivity index (χ4v) is 2.60. The third-order valence-corrected chi connectivity index (χ3v) is 3.73. The molecular formula is C13H20N2. The Labute approximate surface area is 91.9 Å². The lowest BCUT2D eigenvalue weighted by atomic mass is 9.88. The van der Waals surface area contributed by atoms with Crippen LogP contribution in [0.4, 0.5) is 5.69 Å². The zero-order valence-corrected chi connectivity index (χ0v) is 9.37. The highest BCUT2D eigenvalue weighted by molar-refractivity contribution is 5.46. The van der Waals surface area contributed by atoms with Gasteiger partial charge in [0.1, 0.15) is 0 Å². The van der Waals surface area contributed by atoms with Gasteiger partial charge in [0, 0.05) is 12.2 Å². The fraction of sp³-hybridized carbons (Fsp3) is 0.538. The SMILES string of the molecule is CC1CCCC1(CN)Nc1ccccc1. The summed E-state index contributed by atoms with van der Waals surface area (Å²) in [4.78, 5) is 0. The van der Waals surface area contributed by atoms with Gasteiger partial charge in [0.05, 0.1) is 5.54 Å². The van der Waals surface area contributed by atoms with Crippen molar-refractivity contribution in [3.63, 3.8) is 0 Å². The third kappa shape index (κ3) is 2.00. The summed E-state index contributed by atoms with van der Waals surface area (Å²) in [5.41, 5.74) is 7.26. The van der Waals surface area contributed by atoms with Crippen molar-refractivity contribution in [1.82, 2.24) is 0 Å². The van der Waals surface area contributed by atoms with Gasteiger partial charge in [-0.25, -0.2) is 0 Å². The van der Waals surface area contributed by atoms with Crippen LogP contribution in [-0.4, -0.2) is 12.1 Å². The van der Waals surface area contributed by atoms with E-state index in [-0.39, 0.29) is 5.54 Å². The minimum Gasteiger partial charge on any atom is -0.378 e. The Bertz CT molecular complexity index is 310. The van der Waals surface area contributed by atoms with E-state index < -0.39 is 0 Å². The van der Waals surface area contributed by atoms with Crippen LogP contribution in [-0.2, 0) is 0 Å². The summed E-state index contributed by atoms with van der Waals surface area (Å²) in [7, 11) is 0. The topological polar surface area (TPSA) is 38.0 Å². The molecule has 0 heterocycles. The van der Waals surface area contributed by atoms with E-state index in [0.29, 0.717) is 5.92 Å². The quantitative estimate of drug-likeness (QED) is 0.794. The standard InChI is InChI=1S/C13H20N2/c1-11-6-5-9-13(11,10-14)15-12-7-3-2-4-8-12/h2-4,7-8,11,15H,5-6,9-10,14H2,1H3. The van der Waals surface area contributed by atoms with Crippen molar-refractivity contribution in [2.75, 3.05) is 11.9 Å². The zero-order chi connectivity index (χ0) is 10.7. The molecule has 1 saturated carbocycles. The summed E-state index contributed by atoms with van der Waals surface area (Å²) < 4.78 is 0. The number of benzene rings is 1. The van der Waals surface area contributed by atoms with Gasteiger partial charge in [-0.1, -0.05) is 31.5 Å². The van der Waals surface area contributed by atoms with Crippen LogP contribution in [0.25, 0.3) is 0 Å². The molecule has 0 amide bonds. The van der Waals surface area contributed by atoms with E-state index in [1.54, 1.807) is 0 Å². The summed E-state index contributed by atoms with van der Waals surface area (Å²) in [5.74, 6) is 0.669. The second kappa shape index (κ2) is 4.23. The Morgan fingerprint density at radius 2 is 2.13 bits per heavy atom. The van der Waals surface area contributed by atoms with Gasteiger partial charge in [-0.05, 0) is 30.9 Å². The number of anilines is 1. The van der Waals surface area contributed by atoms with Gasteiger partial charge >= 0.3 is 0 Å². The lowest BCUT2D eigenvalue weighted by Crippen LogP contribution is -2.47. The Morgan fingerprint density at radius 1 is 1.40 bits per heavy atom. The smallest absolute Gasteiger partial charge is 0.0521 e. The van der Waals surface area contributed by atoms with Crippen LogP contribution >= 0.6 is 0 Å². The number of rotatable bonds is 3. The van der Waals surface area contributed by atoms with Crippen LogP contribution in [0.3, 0.4) is 0 Å². The molecule has 0 radical (unpaired) electrons. The average molecular weight is 204 g/mol. The third-order valence-electron chi connectivity index (χ3n) is 3.73. The summed E-state index contributed by atoms with van der Waals surface area (Å²) >= 11 is 0. The molecule has 82 valence electrons. The lowest BCUT2D eigenvalue weighted by Gasteiger charge is -2.34. The van der Waals surface area contributed by atoms with Crippen LogP contribution in [0.2, 0.25) is 0 Å². The molecule has 2 unspecified atom stereocenters. The molecule has 2 heteroatoms. The Morgan fingerprint density at radius 3 is 2.67 bits per heavy atom. The van der Waals surface area contributed by atoms with E-state index in [9.17, 15) is 0 Å². The highest BCUT2D eigenvalue weighted by Crippen LogP contribution is 2.37. The highest BCUT2D eigenvalue weighted by Gasteiger charge is 2.38. The van der Waals surface area contributed by atoms with Gasteiger partial charge in [-0.3, -0.25) is 0 Å². The molecule has 1 fully saturated rings. The number of nitrogens with two attached hydrogens (primary N) is 1. The molecule has 0 spiro atoms. The van der Waals surface area contributed by atoms with Crippen molar-refractivity contribution in [2.24, 2.45) is 11.7 Å². The molecule has 0 aromatic heterocycles. The monoisotopic (exact) mass is 204 g/mol. The minimum absolute atomic E-state index is 0.126. The molecule has 1 aromatic carbocycles. The summed E-state index contributed by atoms with van der Waals surface area (Å²) in [6.45, 7) is 3.03. The molecule has 0 saturated heterocycles. The molecule has 3 N–H and O–H groups in total. The van der Waals surface area contributed by atoms with Gasteiger partial charge < -0.3 is 11.1 Å². The summed E-state index contributed by atoms with van der Waals surface area (Å²) in [6.07, 6.45) is 3.77. The Hall–Kier alpha value is -1.02. The second-order valence-electron chi connectivity index (χ2n) is 4.64. The maximum atomic E-state index is 5.94. The predicted octanol–water partition coefficient (Wildman–Crippen LogP) is 2.62. The van der Waals surface area contributed by atoms with Crippen molar-refractivity contribution < 1.29 is 0 Å². The molecule has 15 heavy (non-hydrogen) atoms. The number of hydrogen-bond donors (Lipinski definition) is 2. The van der Waals surface area contributed by atoms with Gasteiger partial charge in [0.25, 0.3) is 0 Å². The van der Waals surface area contributed by atoms with E-state index in [4.69, 9.17) is 5.73 Å². The van der Waals surface area contributed by atoms with Crippen LogP contribution in [0.5, 0.6) is 0 Å². The van der Waals surface area contributed by atoms with Crippen molar-refractivity contribution >= 4 is 5.69 Å². The summed E-state index contributed by atoms with van der Waals surface area (Å²) in [5, 5.41) is 3.63. The van der Waals surface area contributed by atoms with Gasteiger partial charge in [0.2, 0.25) is 0 Å². The molecule has 1 aliphatic carbocycles. The van der Waals surface area contributed by atoms with E-state index in [1.165, 1.54) is 24.9 Å². The zero-order valence-electron chi connectivity index (χ0n) is 9.37. The molecule has 1 aliphatic rings. The van der Waals surface area contributed by atoms with Gasteiger partial charge in [-0.2, -0.15) is 0 Å². The first-order chi connectivity index (χ1) is 7.27. The van der Waals surface area contributed by atoms with Gasteiger partial charge in [0.15, 0.2) is 0 Å². The molecule has 2 atom stereocenters. The molecule has 0 aliphatic heterocycles. The average Bonchev–Trinajstić information content (AvgIpc) is 2.62. The minimum atomic E-state index is 0.126. The van der Waals surface area contributed by atoms with Crippen LogP contribution in [0, 0.1) is 5.92 Å². The predicted molar refractivity (Wildman–Crippen MR) is 64.9 cm³/mol. The van der Waals surface area contributed by atoms with E-state index >= 15 is 0 Å². The number of para-hydroxylation sites is 1. The number of hydrogen-bond acceptors (Lipinski definition) is 2. The first-order valence-electron chi connectivity index (χ1n) is 5.80. The second-order valence-corrected chi connectivity index (χ2v) is 4.64. The van der Waals surface area contributed by atoms with Crippen molar-refractivity contribution in [2.45, 2.75) is 31.7 Å². The summed E-state index contributed by atoms with van der Waals surface area (Å²) in [6, 6.07) is 10.4. The van der Waals surface area contributed by atoms with Crippen LogP contribution < -0.4 is 11.1 Å². The first kappa shape index (κ1) is 10.5. The molecule has 1 aromatic rings. The number of nitrogens with one attached hydrogen (secondary N) is 1. The largest absolute Gasteiger partial charge is 0.378 e. The van der Waals surface area contributed by atoms with Crippen molar-refractivity contribution in [1.29, 1.82) is 0 Å². The molecule has 2 rings (SSSR count). The molecular weight excluding hydrogens is 184 g/mol. The van der Waals surface area contributed by atoms with E-state index in [2.05, 4.69) is 36.5 Å². The molecule has 2 nitrogen and oxygen atoms in total. The fourth-order valence-electron chi connectivity index (χ4n) is 2.60. The maximum absolute atomic E-state index is 5.94. The highest BCUT2D eigenvalue weighted by atomic mass is 15.0. The normalized spacial score (nSPS) is 30.4. The van der Waals surface area contributed by atoms with Gasteiger partial charge in [-0.15, -0.1) is 0 Å². The van der Waals surface area contributed by atoms with Crippen LogP contribution in [0.1, 0.15) is 26.2 Å². The van der Waals surface area contributed by atoms with Crippen LogP contribution in [0.15, 0.2) is 30.3 Å². The first-order valence-corrected chi connectivity index (χ1v) is 5.80. The van der Waals surface area contributed by atoms with Crippen molar-refractivity contribution in [3.8, 4) is 0 Å². The lowest BCUT2D eigenvalue weighted by molar-refractivity contribution is 0.382. The Kier molecular flexibility index (Phi) is 2.96. The Balaban J connectivity index is 2.15.